The summed E-state index contributed by atoms with van der Waals surface area (Å²) in [6.45, 7) is 8.51. The number of amides is 2. The highest BCUT2D eigenvalue weighted by Gasteiger charge is 2.32. The van der Waals surface area contributed by atoms with Crippen LogP contribution in [0, 0.1) is 5.41 Å². The van der Waals surface area contributed by atoms with Crippen LogP contribution in [0.2, 0.25) is 0 Å². The van der Waals surface area contributed by atoms with Crippen LogP contribution < -0.4 is 15.0 Å². The smallest absolute Gasteiger partial charge is 0.257 e. The summed E-state index contributed by atoms with van der Waals surface area (Å²) in [5, 5.41) is 7.58. The first-order valence-electron chi connectivity index (χ1n) is 9.92. The second-order valence-corrected chi connectivity index (χ2v) is 8.25. The molecule has 2 amide bonds. The monoisotopic (exact) mass is 408 g/mol. The lowest BCUT2D eigenvalue weighted by Crippen LogP contribution is -2.44. The molecule has 156 valence electrons. The van der Waals surface area contributed by atoms with Crippen LogP contribution in [-0.2, 0) is 11.2 Å². The highest BCUT2D eigenvalue weighted by Crippen LogP contribution is 2.36. The summed E-state index contributed by atoms with van der Waals surface area (Å²) >= 11 is 0. The maximum Gasteiger partial charge on any atom is 0.257 e. The minimum Gasteiger partial charge on any atom is -0.490 e. The van der Waals surface area contributed by atoms with E-state index in [-0.39, 0.29) is 11.8 Å². The molecular weight excluding hydrogens is 384 g/mol. The molecule has 1 aromatic carbocycles. The Morgan fingerprint density at radius 3 is 2.77 bits per heavy atom. The summed E-state index contributed by atoms with van der Waals surface area (Å²) in [6, 6.07) is 7.01. The standard InChI is InChI=1S/C22H24N4O4/c1-5-16-15-10-13(12-23-20(15)30-25-16)19(27)24-14-6-7-18-17(11-14)26(8-9-29-18)21(28)22(2,3)4/h6-7,10-12H,5,8-9H2,1-4H3,(H,24,27). The quantitative estimate of drug-likeness (QED) is 0.708. The van der Waals surface area contributed by atoms with Crippen LogP contribution in [0.5, 0.6) is 5.75 Å². The molecule has 0 bridgehead atoms. The fourth-order valence-corrected chi connectivity index (χ4v) is 3.37. The van der Waals surface area contributed by atoms with E-state index < -0.39 is 5.41 Å². The molecule has 30 heavy (non-hydrogen) atoms. The van der Waals surface area contributed by atoms with Gasteiger partial charge < -0.3 is 19.5 Å². The van der Waals surface area contributed by atoms with E-state index in [1.807, 2.05) is 27.7 Å². The fourth-order valence-electron chi connectivity index (χ4n) is 3.37. The van der Waals surface area contributed by atoms with Gasteiger partial charge in [-0.1, -0.05) is 32.9 Å². The second kappa shape index (κ2) is 7.44. The highest BCUT2D eigenvalue weighted by molar-refractivity contribution is 6.06. The van der Waals surface area contributed by atoms with Gasteiger partial charge in [-0.15, -0.1) is 0 Å². The van der Waals surface area contributed by atoms with Gasteiger partial charge in [-0.25, -0.2) is 4.98 Å². The SMILES string of the molecule is CCc1noc2ncc(C(=O)Nc3ccc4c(c3)N(C(=O)C(C)(C)C)CCO4)cc12. The molecule has 1 N–H and O–H groups in total. The van der Waals surface area contributed by atoms with Gasteiger partial charge in [-0.2, -0.15) is 0 Å². The Bertz CT molecular complexity index is 1130. The number of ether oxygens (including phenoxy) is 1. The molecule has 1 aliphatic heterocycles. The number of benzene rings is 1. The van der Waals surface area contributed by atoms with Gasteiger partial charge in [0.15, 0.2) is 0 Å². The van der Waals surface area contributed by atoms with Crippen LogP contribution in [0.25, 0.3) is 11.1 Å². The number of pyridine rings is 1. The van der Waals surface area contributed by atoms with Crippen LogP contribution in [0.15, 0.2) is 35.0 Å². The second-order valence-electron chi connectivity index (χ2n) is 8.25. The molecule has 4 rings (SSSR count). The number of hydrogen-bond donors (Lipinski definition) is 1. The van der Waals surface area contributed by atoms with E-state index in [0.29, 0.717) is 48.0 Å². The van der Waals surface area contributed by atoms with Crippen molar-refractivity contribution in [1.29, 1.82) is 0 Å². The number of rotatable bonds is 3. The van der Waals surface area contributed by atoms with Crippen molar-refractivity contribution >= 4 is 34.3 Å². The largest absolute Gasteiger partial charge is 0.490 e. The summed E-state index contributed by atoms with van der Waals surface area (Å²) in [5.41, 5.74) is 2.26. The zero-order valence-corrected chi connectivity index (χ0v) is 17.5. The lowest BCUT2D eigenvalue weighted by atomic mass is 9.94. The third-order valence-electron chi connectivity index (χ3n) is 4.97. The van der Waals surface area contributed by atoms with Gasteiger partial charge >= 0.3 is 0 Å². The Kier molecular flexibility index (Phi) is 4.93. The molecular formula is C22H24N4O4. The number of fused-ring (bicyclic) bond motifs is 2. The number of nitrogens with zero attached hydrogens (tertiary/aromatic N) is 3. The lowest BCUT2D eigenvalue weighted by molar-refractivity contribution is -0.126. The number of nitrogens with one attached hydrogen (secondary N) is 1. The van der Waals surface area contributed by atoms with Gasteiger partial charge in [0.05, 0.1) is 28.9 Å². The van der Waals surface area contributed by atoms with Crippen LogP contribution >= 0.6 is 0 Å². The van der Waals surface area contributed by atoms with E-state index in [4.69, 9.17) is 9.26 Å². The third-order valence-corrected chi connectivity index (χ3v) is 4.97. The van der Waals surface area contributed by atoms with Crippen molar-refractivity contribution in [2.45, 2.75) is 34.1 Å². The van der Waals surface area contributed by atoms with E-state index in [1.54, 1.807) is 29.2 Å². The van der Waals surface area contributed by atoms with E-state index in [0.717, 1.165) is 11.1 Å². The van der Waals surface area contributed by atoms with Crippen LogP contribution in [0.4, 0.5) is 11.4 Å². The molecule has 1 aliphatic rings. The van der Waals surface area contributed by atoms with Crippen LogP contribution in [0.1, 0.15) is 43.7 Å². The minimum absolute atomic E-state index is 0.00438. The van der Waals surface area contributed by atoms with Crippen LogP contribution in [0.3, 0.4) is 0 Å². The van der Waals surface area contributed by atoms with Gasteiger partial charge in [-0.3, -0.25) is 9.59 Å². The molecule has 0 spiro atoms. The van der Waals surface area contributed by atoms with Crippen molar-refractivity contribution in [2.75, 3.05) is 23.4 Å². The number of carbonyl (C=O) groups excluding carboxylic acids is 2. The summed E-state index contributed by atoms with van der Waals surface area (Å²) < 4.78 is 10.9. The topological polar surface area (TPSA) is 97.6 Å². The Hall–Kier alpha value is -3.42. The highest BCUT2D eigenvalue weighted by atomic mass is 16.5. The van der Waals surface area contributed by atoms with E-state index >= 15 is 0 Å². The van der Waals surface area contributed by atoms with E-state index in [2.05, 4.69) is 15.5 Å². The maximum atomic E-state index is 12.9. The molecule has 3 aromatic rings. The number of carbonyl (C=O) groups is 2. The average molecular weight is 408 g/mol. The Morgan fingerprint density at radius 1 is 1.23 bits per heavy atom. The molecule has 8 nitrogen and oxygen atoms in total. The zero-order valence-electron chi connectivity index (χ0n) is 17.5. The molecule has 2 aromatic heterocycles. The summed E-state index contributed by atoms with van der Waals surface area (Å²) in [7, 11) is 0. The number of aromatic nitrogens is 2. The number of hydrogen-bond acceptors (Lipinski definition) is 6. The fraction of sp³-hybridized carbons (Fsp3) is 0.364. The molecule has 0 radical (unpaired) electrons. The first-order valence-corrected chi connectivity index (χ1v) is 9.92. The molecule has 0 aliphatic carbocycles. The first-order chi connectivity index (χ1) is 14.3. The van der Waals surface area contributed by atoms with Crippen molar-refractivity contribution in [3.63, 3.8) is 0 Å². The molecule has 0 atom stereocenters. The van der Waals surface area contributed by atoms with Crippen molar-refractivity contribution in [1.82, 2.24) is 10.1 Å². The predicted octanol–water partition coefficient (Wildman–Crippen LogP) is 3.81. The zero-order chi connectivity index (χ0) is 21.5. The van der Waals surface area contributed by atoms with Crippen molar-refractivity contribution in [2.24, 2.45) is 5.41 Å². The molecule has 0 saturated carbocycles. The molecule has 3 heterocycles. The van der Waals surface area contributed by atoms with Crippen LogP contribution in [-0.4, -0.2) is 35.1 Å². The predicted molar refractivity (Wildman–Crippen MR) is 113 cm³/mol. The van der Waals surface area contributed by atoms with E-state index in [9.17, 15) is 9.59 Å². The lowest BCUT2D eigenvalue weighted by Gasteiger charge is -2.34. The van der Waals surface area contributed by atoms with Gasteiger partial charge in [0.25, 0.3) is 11.6 Å². The van der Waals surface area contributed by atoms with Crippen molar-refractivity contribution < 1.29 is 18.8 Å². The summed E-state index contributed by atoms with van der Waals surface area (Å²) in [6.07, 6.45) is 2.14. The van der Waals surface area contributed by atoms with Crippen molar-refractivity contribution in [3.8, 4) is 5.75 Å². The van der Waals surface area contributed by atoms with Gasteiger partial charge in [0.1, 0.15) is 12.4 Å². The van der Waals surface area contributed by atoms with Gasteiger partial charge in [0, 0.05) is 17.3 Å². The first kappa shape index (κ1) is 19.9. The van der Waals surface area contributed by atoms with Gasteiger partial charge in [0.2, 0.25) is 5.91 Å². The Morgan fingerprint density at radius 2 is 2.03 bits per heavy atom. The number of anilines is 2. The summed E-state index contributed by atoms with van der Waals surface area (Å²) in [5.74, 6) is 0.319. The Balaban J connectivity index is 1.61. The van der Waals surface area contributed by atoms with E-state index in [1.165, 1.54) is 6.20 Å². The maximum absolute atomic E-state index is 12.9. The normalized spacial score (nSPS) is 13.7. The average Bonchev–Trinajstić information content (AvgIpc) is 3.14. The molecule has 8 heteroatoms. The minimum atomic E-state index is -0.523. The number of aryl methyl sites for hydroxylation is 1. The molecule has 0 unspecified atom stereocenters. The van der Waals surface area contributed by atoms with Gasteiger partial charge in [-0.05, 0) is 30.7 Å². The Labute approximate surface area is 174 Å². The third kappa shape index (κ3) is 3.60. The molecule has 0 saturated heterocycles. The summed E-state index contributed by atoms with van der Waals surface area (Å²) in [4.78, 5) is 31.6. The van der Waals surface area contributed by atoms with Crippen molar-refractivity contribution in [3.05, 3.63) is 41.7 Å². The molecule has 0 fully saturated rings.